The van der Waals surface area contributed by atoms with Crippen molar-refractivity contribution >= 4 is 11.7 Å². The summed E-state index contributed by atoms with van der Waals surface area (Å²) in [4.78, 5) is 18.6. The number of carbonyl (C=O) groups is 1. The highest BCUT2D eigenvalue weighted by Crippen LogP contribution is 2.20. The zero-order chi connectivity index (χ0) is 14.7. The summed E-state index contributed by atoms with van der Waals surface area (Å²) in [5, 5.41) is 3.05. The maximum absolute atomic E-state index is 12.3. The highest BCUT2D eigenvalue weighted by Gasteiger charge is 2.33. The van der Waals surface area contributed by atoms with Gasteiger partial charge in [-0.2, -0.15) is 0 Å². The van der Waals surface area contributed by atoms with E-state index in [0.29, 0.717) is 31.6 Å². The first-order valence-corrected chi connectivity index (χ1v) is 7.30. The normalized spacial score (nSPS) is 22.8. The van der Waals surface area contributed by atoms with Crippen LogP contribution in [0.3, 0.4) is 0 Å². The van der Waals surface area contributed by atoms with Gasteiger partial charge in [-0.1, -0.05) is 6.07 Å². The monoisotopic (exact) mass is 291 g/mol. The van der Waals surface area contributed by atoms with Crippen molar-refractivity contribution in [3.8, 4) is 0 Å². The summed E-state index contributed by atoms with van der Waals surface area (Å²) in [6, 6.07) is 3.95. The molecule has 1 aromatic heterocycles. The zero-order valence-electron chi connectivity index (χ0n) is 11.9. The second-order valence-electron chi connectivity index (χ2n) is 5.54. The molecule has 2 aliphatic rings. The van der Waals surface area contributed by atoms with Crippen LogP contribution in [0.25, 0.3) is 0 Å². The minimum absolute atomic E-state index is 0.0744. The minimum atomic E-state index is -0.216. The smallest absolute Gasteiger partial charge is 0.239 e. The second-order valence-corrected chi connectivity index (χ2v) is 5.54. The van der Waals surface area contributed by atoms with Gasteiger partial charge < -0.3 is 15.5 Å². The van der Waals surface area contributed by atoms with E-state index in [4.69, 9.17) is 10.6 Å². The largest absolute Gasteiger partial charge is 0.378 e. The van der Waals surface area contributed by atoms with Crippen LogP contribution in [0, 0.1) is 0 Å². The van der Waals surface area contributed by atoms with Crippen LogP contribution < -0.4 is 16.6 Å². The molecule has 0 radical (unpaired) electrons. The number of aromatic nitrogens is 1. The minimum Gasteiger partial charge on any atom is -0.378 e. The quantitative estimate of drug-likeness (QED) is 0.516. The number of morpholine rings is 1. The summed E-state index contributed by atoms with van der Waals surface area (Å²) in [6.45, 7) is 2.54. The Morgan fingerprint density at radius 3 is 3.00 bits per heavy atom. The molecule has 1 aromatic rings. The molecule has 0 aromatic carbocycles. The molecule has 21 heavy (non-hydrogen) atoms. The fraction of sp³-hybridized carbons (Fsp3) is 0.571. The van der Waals surface area contributed by atoms with E-state index in [0.717, 1.165) is 24.9 Å². The van der Waals surface area contributed by atoms with Crippen molar-refractivity contribution in [1.29, 1.82) is 0 Å². The lowest BCUT2D eigenvalue weighted by atomic mass is 10.1. The molecule has 4 N–H and O–H groups in total. The lowest BCUT2D eigenvalue weighted by Gasteiger charge is -2.34. The molecule has 3 rings (SSSR count). The van der Waals surface area contributed by atoms with Gasteiger partial charge in [-0.25, -0.2) is 10.8 Å². The van der Waals surface area contributed by atoms with Crippen LogP contribution in [0.15, 0.2) is 18.3 Å². The number of hydrogen-bond donors (Lipinski definition) is 3. The number of ether oxygens (including phenoxy) is 1. The third kappa shape index (κ3) is 3.69. The Bertz CT molecular complexity index is 489. The van der Waals surface area contributed by atoms with Gasteiger partial charge in [-0.05, 0) is 24.5 Å². The maximum atomic E-state index is 12.3. The fourth-order valence-electron chi connectivity index (χ4n) is 2.43. The molecule has 1 aliphatic carbocycles. The number of nitrogens with one attached hydrogen (secondary N) is 2. The number of carbonyl (C=O) groups excluding carboxylic acids is 1. The van der Waals surface area contributed by atoms with Crippen LogP contribution in [0.1, 0.15) is 18.4 Å². The molecule has 1 atom stereocenters. The summed E-state index contributed by atoms with van der Waals surface area (Å²) < 4.78 is 5.47. The topological polar surface area (TPSA) is 92.5 Å². The first-order chi connectivity index (χ1) is 10.3. The van der Waals surface area contributed by atoms with Crippen molar-refractivity contribution in [2.45, 2.75) is 31.5 Å². The third-order valence-corrected chi connectivity index (χ3v) is 3.82. The molecule has 1 unspecified atom stereocenters. The average Bonchev–Trinajstić information content (AvgIpc) is 3.32. The van der Waals surface area contributed by atoms with Crippen LogP contribution in [-0.4, -0.2) is 47.6 Å². The Hall–Kier alpha value is -1.70. The third-order valence-electron chi connectivity index (χ3n) is 3.82. The number of nitrogens with two attached hydrogens (primary N) is 1. The average molecular weight is 291 g/mol. The highest BCUT2D eigenvalue weighted by molar-refractivity contribution is 5.82. The highest BCUT2D eigenvalue weighted by atomic mass is 16.5. The SMILES string of the molecule is NNc1ccc(CN2CCOCC2C(=O)NC2CC2)cn1. The van der Waals surface area contributed by atoms with Gasteiger partial charge in [0.1, 0.15) is 11.9 Å². The molecular formula is C14H21N5O2. The molecule has 2 fully saturated rings. The van der Waals surface area contributed by atoms with Crippen molar-refractivity contribution in [2.24, 2.45) is 5.84 Å². The van der Waals surface area contributed by atoms with Crippen molar-refractivity contribution in [3.05, 3.63) is 23.9 Å². The Balaban J connectivity index is 1.63. The van der Waals surface area contributed by atoms with Crippen molar-refractivity contribution < 1.29 is 9.53 Å². The summed E-state index contributed by atoms with van der Waals surface area (Å²) >= 11 is 0. The molecule has 7 nitrogen and oxygen atoms in total. The van der Waals surface area contributed by atoms with Gasteiger partial charge in [0, 0.05) is 25.3 Å². The fourth-order valence-corrected chi connectivity index (χ4v) is 2.43. The van der Waals surface area contributed by atoms with Crippen LogP contribution in [0.4, 0.5) is 5.82 Å². The van der Waals surface area contributed by atoms with E-state index in [1.807, 2.05) is 12.1 Å². The summed E-state index contributed by atoms with van der Waals surface area (Å²) in [6.07, 6.45) is 3.97. The van der Waals surface area contributed by atoms with E-state index in [-0.39, 0.29) is 11.9 Å². The van der Waals surface area contributed by atoms with Gasteiger partial charge in [0.05, 0.1) is 13.2 Å². The van der Waals surface area contributed by atoms with E-state index < -0.39 is 0 Å². The molecule has 1 saturated carbocycles. The van der Waals surface area contributed by atoms with Crippen molar-refractivity contribution in [3.63, 3.8) is 0 Å². The predicted molar refractivity (Wildman–Crippen MR) is 78.2 cm³/mol. The number of hydrazine groups is 1. The van der Waals surface area contributed by atoms with Gasteiger partial charge in [-0.15, -0.1) is 0 Å². The van der Waals surface area contributed by atoms with E-state index >= 15 is 0 Å². The molecule has 7 heteroatoms. The Morgan fingerprint density at radius 1 is 1.48 bits per heavy atom. The number of amides is 1. The maximum Gasteiger partial charge on any atom is 0.239 e. The van der Waals surface area contributed by atoms with E-state index in [9.17, 15) is 4.79 Å². The van der Waals surface area contributed by atoms with Crippen molar-refractivity contribution in [1.82, 2.24) is 15.2 Å². The standard InChI is InChI=1S/C14H21N5O2/c15-18-13-4-1-10(7-16-13)8-19-5-6-21-9-12(19)14(20)17-11-2-3-11/h1,4,7,11-12H,2-3,5-6,8-9,15H2,(H,16,18)(H,17,20). The zero-order valence-corrected chi connectivity index (χ0v) is 11.9. The summed E-state index contributed by atoms with van der Waals surface area (Å²) in [5.74, 6) is 6.01. The van der Waals surface area contributed by atoms with Crippen LogP contribution in [0.2, 0.25) is 0 Å². The number of anilines is 1. The first-order valence-electron chi connectivity index (χ1n) is 7.30. The molecular weight excluding hydrogens is 270 g/mol. The van der Waals surface area contributed by atoms with Gasteiger partial charge in [0.15, 0.2) is 0 Å². The van der Waals surface area contributed by atoms with Gasteiger partial charge in [0.2, 0.25) is 5.91 Å². The van der Waals surface area contributed by atoms with E-state index in [1.54, 1.807) is 6.20 Å². The Morgan fingerprint density at radius 2 is 2.33 bits per heavy atom. The number of pyridine rings is 1. The molecule has 2 heterocycles. The van der Waals surface area contributed by atoms with Crippen LogP contribution in [0.5, 0.6) is 0 Å². The Kier molecular flexibility index (Phi) is 4.33. The molecule has 1 aliphatic heterocycles. The van der Waals surface area contributed by atoms with Gasteiger partial charge >= 0.3 is 0 Å². The molecule has 0 bridgehead atoms. The number of rotatable bonds is 5. The molecule has 0 spiro atoms. The van der Waals surface area contributed by atoms with E-state index in [2.05, 4.69) is 20.6 Å². The summed E-state index contributed by atoms with van der Waals surface area (Å²) in [7, 11) is 0. The molecule has 1 saturated heterocycles. The lowest BCUT2D eigenvalue weighted by Crippen LogP contribution is -2.53. The number of hydrogen-bond acceptors (Lipinski definition) is 6. The Labute approximate surface area is 123 Å². The van der Waals surface area contributed by atoms with Gasteiger partial charge in [0.25, 0.3) is 0 Å². The summed E-state index contributed by atoms with van der Waals surface area (Å²) in [5.41, 5.74) is 3.56. The number of nitrogen functional groups attached to an aromatic ring is 1. The second kappa shape index (κ2) is 6.38. The van der Waals surface area contributed by atoms with Gasteiger partial charge in [-0.3, -0.25) is 9.69 Å². The molecule has 1 amide bonds. The first kappa shape index (κ1) is 14.2. The predicted octanol–water partition coefficient (Wildman–Crippen LogP) is -0.153. The van der Waals surface area contributed by atoms with Crippen LogP contribution in [-0.2, 0) is 16.1 Å². The number of nitrogens with zero attached hydrogens (tertiary/aromatic N) is 2. The lowest BCUT2D eigenvalue weighted by molar-refractivity contribution is -0.133. The van der Waals surface area contributed by atoms with Crippen molar-refractivity contribution in [2.75, 3.05) is 25.2 Å². The van der Waals surface area contributed by atoms with E-state index in [1.165, 1.54) is 0 Å². The van der Waals surface area contributed by atoms with Crippen LogP contribution >= 0.6 is 0 Å². The molecule has 114 valence electrons.